The third kappa shape index (κ3) is 4.67. The van der Waals surface area contributed by atoms with Crippen LogP contribution in [0.2, 0.25) is 0 Å². The first-order valence-electron chi connectivity index (χ1n) is 9.77. The average molecular weight is 365 g/mol. The standard InChI is InChI=1S/C22H27N3O2/c26-10-11-27-21-6-3-17(4-7-21)15-25-9-1-2-19(16-25)12-18-5-8-22-20(13-18)14-23-24-22/h3-8,13-14,19,26H,1-2,9-12,15-16H2,(H,23,24)/t19-/m1/s1. The molecule has 27 heavy (non-hydrogen) atoms. The van der Waals surface area contributed by atoms with Crippen molar-refractivity contribution in [3.8, 4) is 5.75 Å². The summed E-state index contributed by atoms with van der Waals surface area (Å²) in [5.74, 6) is 1.52. The van der Waals surface area contributed by atoms with Crippen LogP contribution in [0.15, 0.2) is 48.7 Å². The van der Waals surface area contributed by atoms with Crippen LogP contribution in [0.5, 0.6) is 5.75 Å². The van der Waals surface area contributed by atoms with E-state index in [9.17, 15) is 0 Å². The van der Waals surface area contributed by atoms with E-state index in [1.165, 1.54) is 35.9 Å². The number of H-pyrrole nitrogens is 1. The summed E-state index contributed by atoms with van der Waals surface area (Å²) in [6.45, 7) is 3.69. The third-order valence-corrected chi connectivity index (χ3v) is 5.32. The Kier molecular flexibility index (Phi) is 5.70. The Hall–Kier alpha value is -2.37. The number of hydrogen-bond donors (Lipinski definition) is 2. The Labute approximate surface area is 160 Å². The molecule has 1 saturated heterocycles. The van der Waals surface area contributed by atoms with Crippen LogP contribution in [-0.2, 0) is 13.0 Å². The summed E-state index contributed by atoms with van der Waals surface area (Å²) in [4.78, 5) is 2.56. The molecule has 2 N–H and O–H groups in total. The number of nitrogens with zero attached hydrogens (tertiary/aromatic N) is 2. The van der Waals surface area contributed by atoms with Gasteiger partial charge in [-0.2, -0.15) is 5.10 Å². The lowest BCUT2D eigenvalue weighted by atomic mass is 9.90. The second-order valence-electron chi connectivity index (χ2n) is 7.46. The first-order valence-corrected chi connectivity index (χ1v) is 9.77. The number of rotatable bonds is 7. The fourth-order valence-corrected chi connectivity index (χ4v) is 4.03. The molecule has 2 heterocycles. The minimum absolute atomic E-state index is 0.0461. The van der Waals surface area contributed by atoms with Gasteiger partial charge in [0.15, 0.2) is 0 Å². The molecule has 0 amide bonds. The molecule has 3 aromatic rings. The highest BCUT2D eigenvalue weighted by Crippen LogP contribution is 2.24. The van der Waals surface area contributed by atoms with Crippen molar-refractivity contribution in [2.45, 2.75) is 25.8 Å². The van der Waals surface area contributed by atoms with Crippen LogP contribution in [-0.4, -0.2) is 46.5 Å². The van der Waals surface area contributed by atoms with Crippen LogP contribution in [0.3, 0.4) is 0 Å². The molecule has 0 aliphatic carbocycles. The summed E-state index contributed by atoms with van der Waals surface area (Å²) in [6.07, 6.45) is 5.59. The Bertz CT molecular complexity index is 859. The van der Waals surface area contributed by atoms with Crippen molar-refractivity contribution in [1.29, 1.82) is 0 Å². The molecule has 0 bridgehead atoms. The molecule has 0 radical (unpaired) electrons. The van der Waals surface area contributed by atoms with E-state index in [0.29, 0.717) is 12.5 Å². The zero-order valence-corrected chi connectivity index (χ0v) is 15.6. The number of fused-ring (bicyclic) bond motifs is 1. The molecule has 1 aromatic heterocycles. The van der Waals surface area contributed by atoms with E-state index in [-0.39, 0.29) is 6.61 Å². The molecule has 0 saturated carbocycles. The molecule has 1 fully saturated rings. The molecule has 5 heteroatoms. The number of benzene rings is 2. The van der Waals surface area contributed by atoms with Gasteiger partial charge in [0.1, 0.15) is 12.4 Å². The molecular formula is C22H27N3O2. The maximum absolute atomic E-state index is 8.83. The van der Waals surface area contributed by atoms with Crippen molar-refractivity contribution in [2.24, 2.45) is 5.92 Å². The maximum atomic E-state index is 8.83. The third-order valence-electron chi connectivity index (χ3n) is 5.32. The number of likely N-dealkylation sites (tertiary alicyclic amines) is 1. The summed E-state index contributed by atoms with van der Waals surface area (Å²) < 4.78 is 5.44. The Balaban J connectivity index is 1.33. The summed E-state index contributed by atoms with van der Waals surface area (Å²) in [7, 11) is 0. The smallest absolute Gasteiger partial charge is 0.119 e. The van der Waals surface area contributed by atoms with Gasteiger partial charge in [0.2, 0.25) is 0 Å². The number of piperidine rings is 1. The van der Waals surface area contributed by atoms with Crippen LogP contribution in [0.25, 0.3) is 10.9 Å². The quantitative estimate of drug-likeness (QED) is 0.674. The molecule has 1 atom stereocenters. The van der Waals surface area contributed by atoms with Gasteiger partial charge >= 0.3 is 0 Å². The van der Waals surface area contributed by atoms with Gasteiger partial charge in [0.05, 0.1) is 18.3 Å². The van der Waals surface area contributed by atoms with Crippen molar-refractivity contribution in [3.63, 3.8) is 0 Å². The van der Waals surface area contributed by atoms with Crippen molar-refractivity contribution in [3.05, 3.63) is 59.8 Å². The average Bonchev–Trinajstić information content (AvgIpc) is 3.16. The van der Waals surface area contributed by atoms with Crippen LogP contribution < -0.4 is 4.74 Å². The number of nitrogens with one attached hydrogen (secondary N) is 1. The Morgan fingerprint density at radius 1 is 1.15 bits per heavy atom. The number of hydrogen-bond acceptors (Lipinski definition) is 4. The predicted molar refractivity (Wildman–Crippen MR) is 107 cm³/mol. The maximum Gasteiger partial charge on any atom is 0.119 e. The topological polar surface area (TPSA) is 61.4 Å². The molecule has 142 valence electrons. The summed E-state index contributed by atoms with van der Waals surface area (Å²) in [5, 5.41) is 17.2. The Morgan fingerprint density at radius 2 is 2.00 bits per heavy atom. The predicted octanol–water partition coefficient (Wildman–Crippen LogP) is 3.39. The SMILES string of the molecule is OCCOc1ccc(CN2CCC[C@H](Cc3ccc4[nH]ncc4c3)C2)cc1. The summed E-state index contributed by atoms with van der Waals surface area (Å²) in [6, 6.07) is 14.9. The molecule has 1 aliphatic heterocycles. The number of aromatic nitrogens is 2. The van der Waals surface area contributed by atoms with Gasteiger partial charge in [-0.1, -0.05) is 18.2 Å². The van der Waals surface area contributed by atoms with Crippen LogP contribution in [0.1, 0.15) is 24.0 Å². The van der Waals surface area contributed by atoms with Crippen molar-refractivity contribution in [2.75, 3.05) is 26.3 Å². The van der Waals surface area contributed by atoms with E-state index >= 15 is 0 Å². The van der Waals surface area contributed by atoms with Crippen molar-refractivity contribution < 1.29 is 9.84 Å². The monoisotopic (exact) mass is 365 g/mol. The van der Waals surface area contributed by atoms with Gasteiger partial charge in [0.25, 0.3) is 0 Å². The minimum atomic E-state index is 0.0461. The zero-order chi connectivity index (χ0) is 18.5. The first-order chi connectivity index (χ1) is 13.3. The van der Waals surface area contributed by atoms with Gasteiger partial charge < -0.3 is 9.84 Å². The molecule has 0 unspecified atom stereocenters. The lowest BCUT2D eigenvalue weighted by Crippen LogP contribution is -2.35. The molecular weight excluding hydrogens is 338 g/mol. The van der Waals surface area contributed by atoms with Gasteiger partial charge in [-0.3, -0.25) is 10.00 Å². The first kappa shape index (κ1) is 18.0. The fraction of sp³-hybridized carbons (Fsp3) is 0.409. The highest BCUT2D eigenvalue weighted by atomic mass is 16.5. The molecule has 0 spiro atoms. The molecule has 1 aliphatic rings. The van der Waals surface area contributed by atoms with Gasteiger partial charge in [0, 0.05) is 18.5 Å². The fourth-order valence-electron chi connectivity index (χ4n) is 4.03. The number of ether oxygens (including phenoxy) is 1. The summed E-state index contributed by atoms with van der Waals surface area (Å²) in [5.41, 5.74) is 3.82. The van der Waals surface area contributed by atoms with E-state index in [1.54, 1.807) is 0 Å². The molecule has 5 nitrogen and oxygen atoms in total. The number of aromatic amines is 1. The van der Waals surface area contributed by atoms with Crippen LogP contribution >= 0.6 is 0 Å². The second kappa shape index (κ2) is 8.55. The van der Waals surface area contributed by atoms with Gasteiger partial charge in [-0.05, 0) is 67.1 Å². The van der Waals surface area contributed by atoms with E-state index < -0.39 is 0 Å². The molecule has 4 rings (SSSR count). The minimum Gasteiger partial charge on any atom is -0.491 e. The highest BCUT2D eigenvalue weighted by molar-refractivity contribution is 5.78. The number of aliphatic hydroxyl groups is 1. The summed E-state index contributed by atoms with van der Waals surface area (Å²) >= 11 is 0. The van der Waals surface area contributed by atoms with Crippen LogP contribution in [0.4, 0.5) is 0 Å². The van der Waals surface area contributed by atoms with Crippen molar-refractivity contribution in [1.82, 2.24) is 15.1 Å². The van der Waals surface area contributed by atoms with E-state index in [0.717, 1.165) is 30.8 Å². The zero-order valence-electron chi connectivity index (χ0n) is 15.6. The Morgan fingerprint density at radius 3 is 2.85 bits per heavy atom. The van der Waals surface area contributed by atoms with Crippen molar-refractivity contribution >= 4 is 10.9 Å². The van der Waals surface area contributed by atoms with E-state index in [1.807, 2.05) is 18.3 Å². The lowest BCUT2D eigenvalue weighted by Gasteiger charge is -2.33. The van der Waals surface area contributed by atoms with Gasteiger partial charge in [-0.25, -0.2) is 0 Å². The van der Waals surface area contributed by atoms with E-state index in [2.05, 4.69) is 45.4 Å². The number of aliphatic hydroxyl groups excluding tert-OH is 1. The van der Waals surface area contributed by atoms with E-state index in [4.69, 9.17) is 9.84 Å². The largest absolute Gasteiger partial charge is 0.491 e. The molecule has 2 aromatic carbocycles. The highest BCUT2D eigenvalue weighted by Gasteiger charge is 2.20. The normalized spacial score (nSPS) is 18.0. The lowest BCUT2D eigenvalue weighted by molar-refractivity contribution is 0.167. The second-order valence-corrected chi connectivity index (χ2v) is 7.46. The van der Waals surface area contributed by atoms with Gasteiger partial charge in [-0.15, -0.1) is 0 Å². The van der Waals surface area contributed by atoms with Crippen LogP contribution in [0, 0.1) is 5.92 Å².